The van der Waals surface area contributed by atoms with Gasteiger partial charge in [0.25, 0.3) is 0 Å². The number of nitrogen functional groups attached to an aromatic ring is 1. The normalized spacial score (nSPS) is 11.0. The molecule has 3 heterocycles. The van der Waals surface area contributed by atoms with Crippen molar-refractivity contribution in [2.75, 3.05) is 11.1 Å². The van der Waals surface area contributed by atoms with E-state index in [4.69, 9.17) is 5.73 Å². The van der Waals surface area contributed by atoms with Crippen LogP contribution in [0.3, 0.4) is 0 Å². The molecule has 21 heavy (non-hydrogen) atoms. The number of pyridine rings is 2. The number of hydrogen-bond acceptors (Lipinski definition) is 5. The third kappa shape index (κ3) is 2.12. The van der Waals surface area contributed by atoms with Gasteiger partial charge in [0, 0.05) is 5.39 Å². The van der Waals surface area contributed by atoms with Gasteiger partial charge in [-0.1, -0.05) is 18.2 Å². The highest BCUT2D eigenvalue weighted by atomic mass is 15.4. The summed E-state index contributed by atoms with van der Waals surface area (Å²) in [6.07, 6.45) is 1.72. The Labute approximate surface area is 120 Å². The summed E-state index contributed by atoms with van der Waals surface area (Å²) >= 11 is 0. The number of nitrogens with one attached hydrogen (secondary N) is 1. The third-order valence-electron chi connectivity index (χ3n) is 3.19. The van der Waals surface area contributed by atoms with E-state index in [0.717, 1.165) is 16.6 Å². The zero-order valence-corrected chi connectivity index (χ0v) is 11.1. The Morgan fingerprint density at radius 3 is 2.81 bits per heavy atom. The van der Waals surface area contributed by atoms with Crippen LogP contribution in [0.5, 0.6) is 0 Å². The molecule has 0 atom stereocenters. The maximum atomic E-state index is 5.73. The second-order valence-corrected chi connectivity index (χ2v) is 4.71. The highest BCUT2D eigenvalue weighted by molar-refractivity contribution is 5.80. The van der Waals surface area contributed by atoms with Crippen LogP contribution >= 0.6 is 0 Å². The maximum Gasteiger partial charge on any atom is 0.248 e. The smallest absolute Gasteiger partial charge is 0.248 e. The number of anilines is 3. The van der Waals surface area contributed by atoms with Gasteiger partial charge >= 0.3 is 0 Å². The van der Waals surface area contributed by atoms with Gasteiger partial charge in [-0.25, -0.2) is 9.50 Å². The number of fused-ring (bicyclic) bond motifs is 2. The minimum absolute atomic E-state index is 0.489. The molecule has 0 saturated heterocycles. The van der Waals surface area contributed by atoms with Crippen molar-refractivity contribution in [3.8, 4) is 0 Å². The molecule has 6 nitrogen and oxygen atoms in total. The van der Waals surface area contributed by atoms with Crippen LogP contribution in [-0.4, -0.2) is 19.6 Å². The van der Waals surface area contributed by atoms with Gasteiger partial charge in [0.1, 0.15) is 5.82 Å². The molecule has 0 aliphatic heterocycles. The first kappa shape index (κ1) is 11.7. The van der Waals surface area contributed by atoms with Crippen molar-refractivity contribution in [3.63, 3.8) is 0 Å². The monoisotopic (exact) mass is 276 g/mol. The van der Waals surface area contributed by atoms with Crippen LogP contribution in [0, 0.1) is 0 Å². The largest absolute Gasteiger partial charge is 0.397 e. The van der Waals surface area contributed by atoms with E-state index in [0.29, 0.717) is 17.5 Å². The van der Waals surface area contributed by atoms with Crippen molar-refractivity contribution in [3.05, 3.63) is 54.7 Å². The topological polar surface area (TPSA) is 81.1 Å². The van der Waals surface area contributed by atoms with Crippen molar-refractivity contribution < 1.29 is 0 Å². The van der Waals surface area contributed by atoms with Gasteiger partial charge in [0.05, 0.1) is 17.4 Å². The number of nitrogens with zero attached hydrogens (tertiary/aromatic N) is 4. The summed E-state index contributed by atoms with van der Waals surface area (Å²) in [5, 5.41) is 8.53. The first-order chi connectivity index (χ1) is 10.3. The molecule has 0 bridgehead atoms. The summed E-state index contributed by atoms with van der Waals surface area (Å²) in [7, 11) is 0. The Morgan fingerprint density at radius 1 is 0.952 bits per heavy atom. The number of nitrogens with two attached hydrogens (primary N) is 1. The van der Waals surface area contributed by atoms with Gasteiger partial charge in [-0.15, -0.1) is 5.10 Å². The lowest BCUT2D eigenvalue weighted by molar-refractivity contribution is 0.967. The number of benzene rings is 1. The number of hydrogen-bond donors (Lipinski definition) is 2. The molecule has 4 aromatic rings. The van der Waals surface area contributed by atoms with Crippen molar-refractivity contribution in [2.24, 2.45) is 0 Å². The van der Waals surface area contributed by atoms with E-state index in [1.807, 2.05) is 42.5 Å². The molecule has 0 radical (unpaired) electrons. The summed E-state index contributed by atoms with van der Waals surface area (Å²) in [5.74, 6) is 1.20. The standard InChI is InChI=1S/C15H12N6/c16-11-6-8-14-19-15(20-21(14)9-11)18-13-7-5-10-3-1-2-4-12(10)17-13/h1-9H,16H2,(H,17,18,20). The number of aromatic nitrogens is 4. The van der Waals surface area contributed by atoms with Crippen LogP contribution in [0.15, 0.2) is 54.7 Å². The van der Waals surface area contributed by atoms with Crippen molar-refractivity contribution >= 4 is 34.0 Å². The molecular formula is C15H12N6. The van der Waals surface area contributed by atoms with Gasteiger partial charge in [0.15, 0.2) is 5.65 Å². The van der Waals surface area contributed by atoms with Gasteiger partial charge in [0.2, 0.25) is 5.95 Å². The second-order valence-electron chi connectivity index (χ2n) is 4.71. The van der Waals surface area contributed by atoms with Crippen LogP contribution in [0.1, 0.15) is 0 Å². The van der Waals surface area contributed by atoms with Gasteiger partial charge < -0.3 is 11.1 Å². The lowest BCUT2D eigenvalue weighted by Gasteiger charge is -2.02. The van der Waals surface area contributed by atoms with E-state index >= 15 is 0 Å². The molecule has 1 aromatic carbocycles. The Bertz CT molecular complexity index is 943. The molecular weight excluding hydrogens is 264 g/mol. The molecule has 6 heteroatoms. The molecule has 0 amide bonds. The number of para-hydroxylation sites is 1. The fraction of sp³-hybridized carbons (Fsp3) is 0. The van der Waals surface area contributed by atoms with Crippen LogP contribution in [-0.2, 0) is 0 Å². The second kappa shape index (κ2) is 4.45. The number of rotatable bonds is 2. The van der Waals surface area contributed by atoms with Crippen molar-refractivity contribution in [1.82, 2.24) is 19.6 Å². The zero-order valence-electron chi connectivity index (χ0n) is 11.1. The fourth-order valence-electron chi connectivity index (χ4n) is 2.20. The summed E-state index contributed by atoms with van der Waals surface area (Å²) in [5.41, 5.74) is 8.02. The van der Waals surface area contributed by atoms with Crippen molar-refractivity contribution in [1.29, 1.82) is 0 Å². The molecule has 0 spiro atoms. The van der Waals surface area contributed by atoms with Crippen molar-refractivity contribution in [2.45, 2.75) is 0 Å². The van der Waals surface area contributed by atoms with Crippen LogP contribution < -0.4 is 11.1 Å². The predicted octanol–water partition coefficient (Wildman–Crippen LogP) is 2.60. The average Bonchev–Trinajstić information content (AvgIpc) is 2.88. The molecule has 0 saturated carbocycles. The van der Waals surface area contributed by atoms with Gasteiger partial charge in [-0.3, -0.25) is 0 Å². The minimum atomic E-state index is 0.489. The van der Waals surface area contributed by atoms with Crippen LogP contribution in [0.25, 0.3) is 16.6 Å². The molecule has 4 rings (SSSR count). The van der Waals surface area contributed by atoms with Crippen LogP contribution in [0.2, 0.25) is 0 Å². The third-order valence-corrected chi connectivity index (χ3v) is 3.19. The minimum Gasteiger partial charge on any atom is -0.397 e. The highest BCUT2D eigenvalue weighted by Crippen LogP contribution is 2.17. The van der Waals surface area contributed by atoms with E-state index in [1.54, 1.807) is 16.8 Å². The lowest BCUT2D eigenvalue weighted by atomic mass is 10.2. The van der Waals surface area contributed by atoms with E-state index in [-0.39, 0.29) is 0 Å². The highest BCUT2D eigenvalue weighted by Gasteiger charge is 2.05. The summed E-state index contributed by atoms with van der Waals surface area (Å²) in [4.78, 5) is 8.91. The first-order valence-electron chi connectivity index (χ1n) is 6.53. The molecule has 3 N–H and O–H groups in total. The molecule has 0 fully saturated rings. The molecule has 0 aliphatic carbocycles. The SMILES string of the molecule is Nc1ccc2nc(Nc3ccc4ccccc4n3)nn2c1. The Balaban J connectivity index is 1.71. The lowest BCUT2D eigenvalue weighted by Crippen LogP contribution is -1.96. The zero-order chi connectivity index (χ0) is 14.2. The van der Waals surface area contributed by atoms with E-state index in [1.165, 1.54) is 0 Å². The van der Waals surface area contributed by atoms with Gasteiger partial charge in [-0.2, -0.15) is 4.98 Å². The quantitative estimate of drug-likeness (QED) is 0.588. The average molecular weight is 276 g/mol. The van der Waals surface area contributed by atoms with Crippen LogP contribution in [0.4, 0.5) is 17.5 Å². The van der Waals surface area contributed by atoms with E-state index in [9.17, 15) is 0 Å². The summed E-state index contributed by atoms with van der Waals surface area (Å²) in [6, 6.07) is 15.5. The van der Waals surface area contributed by atoms with E-state index < -0.39 is 0 Å². The molecule has 0 aliphatic rings. The first-order valence-corrected chi connectivity index (χ1v) is 6.53. The molecule has 102 valence electrons. The Hall–Kier alpha value is -3.15. The predicted molar refractivity (Wildman–Crippen MR) is 82.4 cm³/mol. The molecule has 0 unspecified atom stereocenters. The summed E-state index contributed by atoms with van der Waals surface area (Å²) < 4.78 is 1.64. The van der Waals surface area contributed by atoms with E-state index in [2.05, 4.69) is 20.4 Å². The maximum absolute atomic E-state index is 5.73. The summed E-state index contributed by atoms with van der Waals surface area (Å²) in [6.45, 7) is 0. The Morgan fingerprint density at radius 2 is 1.86 bits per heavy atom. The Kier molecular flexibility index (Phi) is 2.47. The van der Waals surface area contributed by atoms with Gasteiger partial charge in [-0.05, 0) is 30.3 Å². The molecule has 3 aromatic heterocycles. The fourth-order valence-corrected chi connectivity index (χ4v) is 2.20.